The second-order valence-corrected chi connectivity index (χ2v) is 6.48. The van der Waals surface area contributed by atoms with Gasteiger partial charge in [0.1, 0.15) is 0 Å². The zero-order chi connectivity index (χ0) is 15.1. The molecular weight excluding hydrogens is 348 g/mol. The van der Waals surface area contributed by atoms with Crippen molar-refractivity contribution in [2.75, 3.05) is 18.1 Å². The summed E-state index contributed by atoms with van der Waals surface area (Å²) in [5.74, 6) is 0.406. The van der Waals surface area contributed by atoms with E-state index in [1.54, 1.807) is 0 Å². The van der Waals surface area contributed by atoms with Crippen molar-refractivity contribution in [3.05, 3.63) is 58.6 Å². The molecule has 0 heterocycles. The van der Waals surface area contributed by atoms with Crippen LogP contribution in [0.5, 0.6) is 0 Å². The predicted octanol–water partition coefficient (Wildman–Crippen LogP) is 3.90. The maximum atomic E-state index is 11.9. The molecule has 0 radical (unpaired) electrons. The van der Waals surface area contributed by atoms with Gasteiger partial charge in [-0.25, -0.2) is 0 Å². The molecule has 0 unspecified atom stereocenters. The molecule has 21 heavy (non-hydrogen) atoms. The number of carbonyl (C=O) groups excluding carboxylic acids is 1. The number of rotatable bonds is 6. The Morgan fingerprint density at radius 1 is 1.10 bits per heavy atom. The van der Waals surface area contributed by atoms with Crippen LogP contribution in [0, 0.1) is 0 Å². The molecule has 5 heteroatoms. The Kier molecular flexibility index (Phi) is 6.29. The van der Waals surface area contributed by atoms with E-state index in [4.69, 9.17) is 0 Å². The van der Waals surface area contributed by atoms with E-state index in [0.717, 1.165) is 21.6 Å². The molecule has 2 aromatic carbocycles. The number of carbonyl (C=O) groups is 1. The van der Waals surface area contributed by atoms with Crippen LogP contribution < -0.4 is 10.6 Å². The largest absolute Gasteiger partial charge is 0.325 e. The van der Waals surface area contributed by atoms with Gasteiger partial charge in [-0.05, 0) is 49.0 Å². The lowest BCUT2D eigenvalue weighted by Crippen LogP contribution is -2.13. The molecule has 3 nitrogen and oxygen atoms in total. The first-order chi connectivity index (χ1) is 10.2. The van der Waals surface area contributed by atoms with Gasteiger partial charge in [-0.1, -0.05) is 28.1 Å². The summed E-state index contributed by atoms with van der Waals surface area (Å²) in [5, 5.41) is 5.99. The van der Waals surface area contributed by atoms with E-state index in [0.29, 0.717) is 5.75 Å². The van der Waals surface area contributed by atoms with Gasteiger partial charge in [0.15, 0.2) is 0 Å². The molecule has 0 saturated carbocycles. The molecule has 0 aliphatic carbocycles. The number of thioether (sulfide) groups is 1. The SMILES string of the molecule is CNCc1ccc(SCC(=O)Nc2ccc(Br)cc2)cc1. The monoisotopic (exact) mass is 364 g/mol. The van der Waals surface area contributed by atoms with Crippen molar-refractivity contribution in [1.29, 1.82) is 0 Å². The summed E-state index contributed by atoms with van der Waals surface area (Å²) in [6, 6.07) is 15.8. The number of halogens is 1. The van der Waals surface area contributed by atoms with Crippen LogP contribution in [0.1, 0.15) is 5.56 Å². The van der Waals surface area contributed by atoms with Crippen LogP contribution in [0.3, 0.4) is 0 Å². The standard InChI is InChI=1S/C16H17BrN2OS/c1-18-10-12-2-8-15(9-3-12)21-11-16(20)19-14-6-4-13(17)5-7-14/h2-9,18H,10-11H2,1H3,(H,19,20). The highest BCUT2D eigenvalue weighted by molar-refractivity contribution is 9.10. The van der Waals surface area contributed by atoms with E-state index >= 15 is 0 Å². The Morgan fingerprint density at radius 2 is 1.76 bits per heavy atom. The van der Waals surface area contributed by atoms with Crippen LogP contribution >= 0.6 is 27.7 Å². The lowest BCUT2D eigenvalue weighted by atomic mass is 10.2. The number of amides is 1. The number of anilines is 1. The molecule has 0 spiro atoms. The van der Waals surface area contributed by atoms with Gasteiger partial charge >= 0.3 is 0 Å². The Balaban J connectivity index is 1.81. The van der Waals surface area contributed by atoms with Gasteiger partial charge in [-0.2, -0.15) is 0 Å². The fraction of sp³-hybridized carbons (Fsp3) is 0.188. The summed E-state index contributed by atoms with van der Waals surface area (Å²) in [7, 11) is 1.93. The highest BCUT2D eigenvalue weighted by Crippen LogP contribution is 2.19. The molecule has 0 saturated heterocycles. The molecule has 2 N–H and O–H groups in total. The van der Waals surface area contributed by atoms with Crippen molar-refractivity contribution in [3.63, 3.8) is 0 Å². The third-order valence-corrected chi connectivity index (χ3v) is 4.34. The van der Waals surface area contributed by atoms with Gasteiger partial charge < -0.3 is 10.6 Å². The first-order valence-corrected chi connectivity index (χ1v) is 8.37. The topological polar surface area (TPSA) is 41.1 Å². The zero-order valence-electron chi connectivity index (χ0n) is 11.7. The molecule has 110 valence electrons. The number of hydrogen-bond donors (Lipinski definition) is 2. The fourth-order valence-electron chi connectivity index (χ4n) is 1.79. The summed E-state index contributed by atoms with van der Waals surface area (Å²) < 4.78 is 0.997. The van der Waals surface area contributed by atoms with E-state index in [2.05, 4.69) is 38.7 Å². The number of hydrogen-bond acceptors (Lipinski definition) is 3. The van der Waals surface area contributed by atoms with Gasteiger partial charge in [-0.15, -0.1) is 11.8 Å². The van der Waals surface area contributed by atoms with Crippen LogP contribution in [-0.4, -0.2) is 18.7 Å². The summed E-state index contributed by atoms with van der Waals surface area (Å²) >= 11 is 4.90. The molecule has 0 bridgehead atoms. The Labute approximate surface area is 137 Å². The normalized spacial score (nSPS) is 10.4. The van der Waals surface area contributed by atoms with Crippen molar-refractivity contribution in [3.8, 4) is 0 Å². The molecule has 2 rings (SSSR count). The smallest absolute Gasteiger partial charge is 0.234 e. The van der Waals surface area contributed by atoms with Gasteiger partial charge in [0.2, 0.25) is 5.91 Å². The van der Waals surface area contributed by atoms with Crippen molar-refractivity contribution in [1.82, 2.24) is 5.32 Å². The Hall–Kier alpha value is -1.30. The third kappa shape index (κ3) is 5.53. The lowest BCUT2D eigenvalue weighted by molar-refractivity contribution is -0.113. The maximum Gasteiger partial charge on any atom is 0.234 e. The second kappa shape index (κ2) is 8.22. The van der Waals surface area contributed by atoms with E-state index in [9.17, 15) is 4.79 Å². The first kappa shape index (κ1) is 16.1. The van der Waals surface area contributed by atoms with E-state index in [-0.39, 0.29) is 5.91 Å². The van der Waals surface area contributed by atoms with Crippen LogP contribution in [0.2, 0.25) is 0 Å². The zero-order valence-corrected chi connectivity index (χ0v) is 14.1. The van der Waals surface area contributed by atoms with Crippen molar-refractivity contribution in [2.45, 2.75) is 11.4 Å². The minimum Gasteiger partial charge on any atom is -0.325 e. The predicted molar refractivity (Wildman–Crippen MR) is 92.7 cm³/mol. The second-order valence-electron chi connectivity index (χ2n) is 4.52. The van der Waals surface area contributed by atoms with Crippen molar-refractivity contribution < 1.29 is 4.79 Å². The van der Waals surface area contributed by atoms with Crippen molar-refractivity contribution in [2.24, 2.45) is 0 Å². The molecule has 1 amide bonds. The van der Waals surface area contributed by atoms with Crippen LogP contribution in [0.25, 0.3) is 0 Å². The van der Waals surface area contributed by atoms with Crippen LogP contribution in [-0.2, 0) is 11.3 Å². The molecular formula is C16H17BrN2OS. The molecule has 0 atom stereocenters. The quantitative estimate of drug-likeness (QED) is 0.763. The highest BCUT2D eigenvalue weighted by Gasteiger charge is 2.04. The lowest BCUT2D eigenvalue weighted by Gasteiger charge is -2.06. The molecule has 0 aromatic heterocycles. The molecule has 0 aliphatic heterocycles. The summed E-state index contributed by atoms with van der Waals surface area (Å²) in [5.41, 5.74) is 2.05. The van der Waals surface area contributed by atoms with E-state index < -0.39 is 0 Å². The van der Waals surface area contributed by atoms with Crippen LogP contribution in [0.4, 0.5) is 5.69 Å². The maximum absolute atomic E-state index is 11.9. The minimum absolute atomic E-state index is 0.00150. The Bertz CT molecular complexity index is 584. The summed E-state index contributed by atoms with van der Waals surface area (Å²) in [6.07, 6.45) is 0. The van der Waals surface area contributed by atoms with Crippen LogP contribution in [0.15, 0.2) is 57.9 Å². The number of nitrogens with one attached hydrogen (secondary N) is 2. The molecule has 0 fully saturated rings. The summed E-state index contributed by atoms with van der Waals surface area (Å²) in [6.45, 7) is 0.856. The minimum atomic E-state index is 0.00150. The van der Waals surface area contributed by atoms with Crippen molar-refractivity contribution >= 4 is 39.3 Å². The number of benzene rings is 2. The van der Waals surface area contributed by atoms with Gasteiger partial charge in [0.05, 0.1) is 5.75 Å². The molecule has 2 aromatic rings. The Morgan fingerprint density at radius 3 is 2.38 bits per heavy atom. The van der Waals surface area contributed by atoms with Gasteiger partial charge in [0.25, 0.3) is 0 Å². The van der Waals surface area contributed by atoms with E-state index in [1.165, 1.54) is 17.3 Å². The average molecular weight is 365 g/mol. The average Bonchev–Trinajstić information content (AvgIpc) is 2.49. The first-order valence-electron chi connectivity index (χ1n) is 6.59. The van der Waals surface area contributed by atoms with E-state index in [1.807, 2.05) is 43.4 Å². The third-order valence-electron chi connectivity index (χ3n) is 2.80. The molecule has 0 aliphatic rings. The van der Waals surface area contributed by atoms with Gasteiger partial charge in [-0.3, -0.25) is 4.79 Å². The summed E-state index contributed by atoms with van der Waals surface area (Å²) in [4.78, 5) is 13.0. The highest BCUT2D eigenvalue weighted by atomic mass is 79.9. The van der Waals surface area contributed by atoms with Gasteiger partial charge in [0, 0.05) is 21.6 Å². The fourth-order valence-corrected chi connectivity index (χ4v) is 2.75.